The lowest BCUT2D eigenvalue weighted by Gasteiger charge is -2.28. The van der Waals surface area contributed by atoms with Gasteiger partial charge in [-0.3, -0.25) is 4.79 Å². The molecule has 0 fully saturated rings. The standard InChI is InChI=1S/C20H18BrNO.C19H25NO2/c21-15-10-9-14-11-18-16(17(14)12-15)7-4-8-19(18)22-20(23)13-5-2-1-3-6-13;1-12-8-9-14-13(10-12)11-16-15(14)6-5-7-17(16)20-18(21)22-19(2,3)4/h1-3,5-6,9-10,12,19H,4,7-8,11H2,(H,22,23);8-10,17H,5-7,11H2,1-4H3,(H,20,21). The number of carbonyl (C=O) groups excluding carboxylic acids is 2. The fraction of sp³-hybridized carbons (Fsp3) is 0.385. The van der Waals surface area contributed by atoms with E-state index < -0.39 is 5.60 Å². The van der Waals surface area contributed by atoms with E-state index in [9.17, 15) is 9.59 Å². The van der Waals surface area contributed by atoms with Gasteiger partial charge in [-0.15, -0.1) is 0 Å². The Morgan fingerprint density at radius 1 is 0.778 bits per heavy atom. The third kappa shape index (κ3) is 7.12. The van der Waals surface area contributed by atoms with E-state index in [4.69, 9.17) is 4.74 Å². The van der Waals surface area contributed by atoms with Crippen LogP contribution in [0.2, 0.25) is 0 Å². The minimum absolute atomic E-state index is 0.0292. The number of halogens is 1. The maximum atomic E-state index is 12.5. The Hall–Kier alpha value is -3.64. The summed E-state index contributed by atoms with van der Waals surface area (Å²) >= 11 is 3.58. The molecule has 7 rings (SSSR count). The second kappa shape index (κ2) is 13.0. The lowest BCUT2D eigenvalue weighted by atomic mass is 9.87. The van der Waals surface area contributed by atoms with Gasteiger partial charge in [0, 0.05) is 10.0 Å². The topological polar surface area (TPSA) is 67.4 Å². The summed E-state index contributed by atoms with van der Waals surface area (Å²) in [5.41, 5.74) is 12.8. The van der Waals surface area contributed by atoms with Gasteiger partial charge in [0.1, 0.15) is 5.60 Å². The molecule has 45 heavy (non-hydrogen) atoms. The third-order valence-electron chi connectivity index (χ3n) is 9.23. The van der Waals surface area contributed by atoms with E-state index in [2.05, 4.69) is 69.9 Å². The van der Waals surface area contributed by atoms with E-state index in [1.807, 2.05) is 51.1 Å². The van der Waals surface area contributed by atoms with Crippen molar-refractivity contribution < 1.29 is 14.3 Å². The van der Waals surface area contributed by atoms with Crippen molar-refractivity contribution in [3.63, 3.8) is 0 Å². The smallest absolute Gasteiger partial charge is 0.408 e. The Balaban J connectivity index is 0.000000159. The first-order valence-electron chi connectivity index (χ1n) is 16.2. The number of aryl methyl sites for hydroxylation is 1. The number of nitrogens with one attached hydrogen (secondary N) is 2. The number of hydrogen-bond acceptors (Lipinski definition) is 3. The van der Waals surface area contributed by atoms with Crippen LogP contribution in [0.25, 0.3) is 11.1 Å². The Labute approximate surface area is 275 Å². The number of amides is 2. The van der Waals surface area contributed by atoms with Crippen LogP contribution in [0.15, 0.2) is 82.3 Å². The van der Waals surface area contributed by atoms with Gasteiger partial charge < -0.3 is 15.4 Å². The second-order valence-corrected chi connectivity index (χ2v) is 14.6. The molecule has 0 aromatic heterocycles. The Bertz CT molecular complexity index is 1680. The minimum atomic E-state index is -0.453. The Kier molecular flexibility index (Phi) is 9.05. The molecule has 0 spiro atoms. The Morgan fingerprint density at radius 2 is 1.42 bits per heavy atom. The van der Waals surface area contributed by atoms with Crippen molar-refractivity contribution in [3.05, 3.63) is 116 Å². The molecule has 0 heterocycles. The fourth-order valence-corrected chi connectivity index (χ4v) is 7.65. The summed E-state index contributed by atoms with van der Waals surface area (Å²) in [6, 6.07) is 23.0. The van der Waals surface area contributed by atoms with Crippen LogP contribution >= 0.6 is 15.9 Å². The van der Waals surface area contributed by atoms with Crippen molar-refractivity contribution in [1.29, 1.82) is 0 Å². The van der Waals surface area contributed by atoms with E-state index in [1.54, 1.807) is 0 Å². The number of benzene rings is 3. The minimum Gasteiger partial charge on any atom is -0.444 e. The second-order valence-electron chi connectivity index (χ2n) is 13.7. The van der Waals surface area contributed by atoms with Gasteiger partial charge in [-0.2, -0.15) is 0 Å². The molecule has 2 unspecified atom stereocenters. The number of fused-ring (bicyclic) bond motifs is 4. The molecular weight excluding hydrogens is 624 g/mol. The average Bonchev–Trinajstić information content (AvgIpc) is 3.56. The van der Waals surface area contributed by atoms with Gasteiger partial charge in [0.25, 0.3) is 5.91 Å². The molecule has 6 heteroatoms. The van der Waals surface area contributed by atoms with E-state index in [0.29, 0.717) is 0 Å². The van der Waals surface area contributed by atoms with E-state index in [1.165, 1.54) is 50.1 Å². The first-order valence-corrected chi connectivity index (χ1v) is 17.0. The van der Waals surface area contributed by atoms with Gasteiger partial charge in [0.05, 0.1) is 12.1 Å². The largest absolute Gasteiger partial charge is 0.444 e. The van der Waals surface area contributed by atoms with Crippen LogP contribution in [-0.2, 0) is 17.6 Å². The van der Waals surface area contributed by atoms with E-state index in [0.717, 1.165) is 61.4 Å². The predicted octanol–water partition coefficient (Wildman–Crippen LogP) is 9.12. The normalized spacial score (nSPS) is 19.8. The van der Waals surface area contributed by atoms with Crippen molar-refractivity contribution in [1.82, 2.24) is 10.6 Å². The summed E-state index contributed by atoms with van der Waals surface area (Å²) in [4.78, 5) is 24.6. The Morgan fingerprint density at radius 3 is 2.11 bits per heavy atom. The molecule has 0 radical (unpaired) electrons. The molecule has 0 saturated carbocycles. The van der Waals surface area contributed by atoms with Crippen molar-refractivity contribution >= 4 is 39.1 Å². The SMILES string of the molecule is Cc1ccc2c(c1)CC1=C2CCCC1NC(=O)OC(C)(C)C.O=C(NC1CCCC2=C1Cc1ccc(Br)cc12)c1ccccc1. The summed E-state index contributed by atoms with van der Waals surface area (Å²) < 4.78 is 6.54. The number of rotatable bonds is 3. The van der Waals surface area contributed by atoms with Crippen LogP contribution in [0.4, 0.5) is 4.79 Å². The first kappa shape index (κ1) is 31.3. The van der Waals surface area contributed by atoms with Gasteiger partial charge in [-0.05, 0) is 148 Å². The molecule has 4 aliphatic carbocycles. The lowest BCUT2D eigenvalue weighted by Crippen LogP contribution is -2.41. The highest BCUT2D eigenvalue weighted by molar-refractivity contribution is 9.10. The van der Waals surface area contributed by atoms with Crippen LogP contribution in [0.1, 0.15) is 97.5 Å². The van der Waals surface area contributed by atoms with E-state index in [-0.39, 0.29) is 24.1 Å². The molecule has 0 bridgehead atoms. The number of hydrogen-bond donors (Lipinski definition) is 2. The molecule has 234 valence electrons. The van der Waals surface area contributed by atoms with Gasteiger partial charge in [-0.1, -0.05) is 64.0 Å². The fourth-order valence-electron chi connectivity index (χ4n) is 7.29. The van der Waals surface area contributed by atoms with Gasteiger partial charge in [-0.25, -0.2) is 4.79 Å². The van der Waals surface area contributed by atoms with Crippen LogP contribution in [0.3, 0.4) is 0 Å². The molecule has 0 saturated heterocycles. The lowest BCUT2D eigenvalue weighted by molar-refractivity contribution is 0.0508. The summed E-state index contributed by atoms with van der Waals surface area (Å²) in [5, 5.41) is 6.32. The number of carbonyl (C=O) groups is 2. The van der Waals surface area contributed by atoms with Crippen molar-refractivity contribution in [2.75, 3.05) is 0 Å². The van der Waals surface area contributed by atoms with Crippen LogP contribution in [-0.4, -0.2) is 29.7 Å². The van der Waals surface area contributed by atoms with Crippen LogP contribution < -0.4 is 10.6 Å². The quantitative estimate of drug-likeness (QED) is 0.293. The van der Waals surface area contributed by atoms with E-state index >= 15 is 0 Å². The zero-order valence-corrected chi connectivity index (χ0v) is 28.4. The van der Waals surface area contributed by atoms with Gasteiger partial charge in [0.2, 0.25) is 0 Å². The van der Waals surface area contributed by atoms with Crippen LogP contribution in [0.5, 0.6) is 0 Å². The highest BCUT2D eigenvalue weighted by atomic mass is 79.9. The van der Waals surface area contributed by atoms with Crippen molar-refractivity contribution in [3.8, 4) is 0 Å². The molecule has 3 aromatic carbocycles. The highest BCUT2D eigenvalue weighted by Crippen LogP contribution is 2.43. The summed E-state index contributed by atoms with van der Waals surface area (Å²) in [7, 11) is 0. The zero-order chi connectivity index (χ0) is 31.7. The maximum absolute atomic E-state index is 12.5. The molecule has 0 aliphatic heterocycles. The number of ether oxygens (including phenoxy) is 1. The first-order chi connectivity index (χ1) is 21.6. The monoisotopic (exact) mass is 666 g/mol. The third-order valence-corrected chi connectivity index (χ3v) is 9.73. The molecule has 2 amide bonds. The van der Waals surface area contributed by atoms with Gasteiger partial charge in [0.15, 0.2) is 0 Å². The average molecular weight is 668 g/mol. The summed E-state index contributed by atoms with van der Waals surface area (Å²) in [5.74, 6) is 0.0292. The molecule has 5 nitrogen and oxygen atoms in total. The molecular formula is C39H43BrN2O3. The summed E-state index contributed by atoms with van der Waals surface area (Å²) in [6.45, 7) is 7.82. The van der Waals surface area contributed by atoms with Crippen molar-refractivity contribution in [2.24, 2.45) is 0 Å². The maximum Gasteiger partial charge on any atom is 0.408 e. The highest BCUT2D eigenvalue weighted by Gasteiger charge is 2.33. The van der Waals surface area contributed by atoms with Gasteiger partial charge >= 0.3 is 6.09 Å². The molecule has 2 N–H and O–H groups in total. The molecule has 4 aliphatic rings. The van der Waals surface area contributed by atoms with Crippen molar-refractivity contribution in [2.45, 2.75) is 96.7 Å². The number of allylic oxidation sites excluding steroid dienone is 2. The number of alkyl carbamates (subject to hydrolysis) is 1. The van der Waals surface area contributed by atoms with Crippen LogP contribution in [0, 0.1) is 6.92 Å². The zero-order valence-electron chi connectivity index (χ0n) is 26.8. The molecule has 3 aromatic rings. The predicted molar refractivity (Wildman–Crippen MR) is 185 cm³/mol. The summed E-state index contributed by atoms with van der Waals surface area (Å²) in [6.07, 6.45) is 8.16. The molecule has 2 atom stereocenters.